The van der Waals surface area contributed by atoms with Gasteiger partial charge in [0.25, 0.3) is 0 Å². The molecule has 19 heavy (non-hydrogen) atoms. The van der Waals surface area contributed by atoms with Crippen molar-refractivity contribution in [2.45, 2.75) is 31.6 Å². The van der Waals surface area contributed by atoms with E-state index in [1.807, 2.05) is 6.07 Å². The number of hydrogen-bond acceptors (Lipinski definition) is 2. The van der Waals surface area contributed by atoms with Crippen LogP contribution in [0.25, 0.3) is 0 Å². The van der Waals surface area contributed by atoms with Crippen LogP contribution in [0, 0.1) is 11.8 Å². The summed E-state index contributed by atoms with van der Waals surface area (Å²) in [5.74, 6) is 2.40. The summed E-state index contributed by atoms with van der Waals surface area (Å²) in [6.07, 6.45) is 4.46. The summed E-state index contributed by atoms with van der Waals surface area (Å²) in [7, 11) is 1.70. The summed E-state index contributed by atoms with van der Waals surface area (Å²) in [6.45, 7) is 0.799. The van der Waals surface area contributed by atoms with E-state index < -0.39 is 0 Å². The van der Waals surface area contributed by atoms with Crippen LogP contribution in [-0.4, -0.2) is 19.6 Å². The zero-order chi connectivity index (χ0) is 13.2. The van der Waals surface area contributed by atoms with Crippen molar-refractivity contribution in [3.8, 4) is 5.75 Å². The number of rotatable bonds is 2. The Labute approximate surface area is 114 Å². The maximum absolute atomic E-state index is 12.1. The quantitative estimate of drug-likeness (QED) is 0.887. The van der Waals surface area contributed by atoms with Crippen LogP contribution in [0.5, 0.6) is 5.75 Å². The van der Waals surface area contributed by atoms with E-state index in [1.54, 1.807) is 7.11 Å². The SMILES string of the molecule is COc1cccc(C2CCNC(=O)[C@@H]3CCC[C@@H]23)c1. The molecule has 1 aromatic rings. The lowest BCUT2D eigenvalue weighted by Gasteiger charge is -2.25. The molecule has 0 spiro atoms. The molecule has 1 heterocycles. The summed E-state index contributed by atoms with van der Waals surface area (Å²) in [5.41, 5.74) is 1.33. The average Bonchev–Trinajstić information content (AvgIpc) is 2.87. The minimum atomic E-state index is 0.221. The number of methoxy groups -OCH3 is 1. The van der Waals surface area contributed by atoms with Gasteiger partial charge in [0.1, 0.15) is 5.75 Å². The molecule has 1 unspecified atom stereocenters. The topological polar surface area (TPSA) is 38.3 Å². The predicted octanol–water partition coefficient (Wildman–Crippen LogP) is 2.72. The van der Waals surface area contributed by atoms with Crippen LogP contribution in [-0.2, 0) is 4.79 Å². The van der Waals surface area contributed by atoms with Crippen LogP contribution >= 0.6 is 0 Å². The van der Waals surface area contributed by atoms with Gasteiger partial charge in [-0.3, -0.25) is 4.79 Å². The Bertz CT molecular complexity index is 472. The first kappa shape index (κ1) is 12.5. The standard InChI is InChI=1S/C16H21NO2/c1-19-12-5-2-4-11(10-12)13-8-9-17-16(18)15-7-3-6-14(13)15/h2,4-5,10,13-15H,3,6-9H2,1H3,(H,17,18)/t13?,14-,15+/m0/s1. The highest BCUT2D eigenvalue weighted by Crippen LogP contribution is 2.44. The zero-order valence-corrected chi connectivity index (χ0v) is 11.4. The van der Waals surface area contributed by atoms with E-state index in [9.17, 15) is 4.79 Å². The Hall–Kier alpha value is -1.51. The molecule has 1 aliphatic heterocycles. The predicted molar refractivity (Wildman–Crippen MR) is 74.2 cm³/mol. The van der Waals surface area contributed by atoms with Crippen LogP contribution in [0.2, 0.25) is 0 Å². The Kier molecular flexibility index (Phi) is 3.45. The summed E-state index contributed by atoms with van der Waals surface area (Å²) in [5, 5.41) is 3.07. The minimum absolute atomic E-state index is 0.221. The monoisotopic (exact) mass is 259 g/mol. The summed E-state index contributed by atoms with van der Waals surface area (Å²) in [6, 6.07) is 8.35. The molecule has 1 saturated heterocycles. The number of carbonyl (C=O) groups excluding carboxylic acids is 1. The van der Waals surface area contributed by atoms with Gasteiger partial charge in [-0.25, -0.2) is 0 Å². The fourth-order valence-electron chi connectivity index (χ4n) is 3.78. The van der Waals surface area contributed by atoms with E-state index in [0.717, 1.165) is 25.1 Å². The van der Waals surface area contributed by atoms with Crippen LogP contribution < -0.4 is 10.1 Å². The van der Waals surface area contributed by atoms with E-state index in [2.05, 4.69) is 23.5 Å². The Morgan fingerprint density at radius 1 is 1.21 bits per heavy atom. The second kappa shape index (κ2) is 5.24. The highest BCUT2D eigenvalue weighted by atomic mass is 16.5. The summed E-state index contributed by atoms with van der Waals surface area (Å²) >= 11 is 0. The van der Waals surface area contributed by atoms with Crippen molar-refractivity contribution in [1.29, 1.82) is 0 Å². The molecule has 1 aliphatic carbocycles. The fraction of sp³-hybridized carbons (Fsp3) is 0.562. The maximum Gasteiger partial charge on any atom is 0.223 e. The summed E-state index contributed by atoms with van der Waals surface area (Å²) < 4.78 is 5.33. The Morgan fingerprint density at radius 2 is 2.11 bits per heavy atom. The van der Waals surface area contributed by atoms with Gasteiger partial charge in [0.15, 0.2) is 0 Å². The largest absolute Gasteiger partial charge is 0.497 e. The van der Waals surface area contributed by atoms with Gasteiger partial charge >= 0.3 is 0 Å². The average molecular weight is 259 g/mol. The molecule has 1 amide bonds. The van der Waals surface area contributed by atoms with Gasteiger partial charge in [0.05, 0.1) is 7.11 Å². The second-order valence-electron chi connectivity index (χ2n) is 5.66. The first-order valence-corrected chi connectivity index (χ1v) is 7.21. The third-order valence-corrected chi connectivity index (χ3v) is 4.70. The first-order chi connectivity index (χ1) is 9.29. The lowest BCUT2D eigenvalue weighted by atomic mass is 9.78. The molecular formula is C16H21NO2. The molecule has 2 aliphatic rings. The van der Waals surface area contributed by atoms with Gasteiger partial charge in [-0.05, 0) is 48.8 Å². The summed E-state index contributed by atoms with van der Waals surface area (Å²) in [4.78, 5) is 12.1. The lowest BCUT2D eigenvalue weighted by molar-refractivity contribution is -0.125. The van der Waals surface area contributed by atoms with E-state index in [0.29, 0.717) is 11.8 Å². The highest BCUT2D eigenvalue weighted by molar-refractivity contribution is 5.79. The molecular weight excluding hydrogens is 238 g/mol. The highest BCUT2D eigenvalue weighted by Gasteiger charge is 2.40. The van der Waals surface area contributed by atoms with Crippen molar-refractivity contribution in [2.75, 3.05) is 13.7 Å². The molecule has 3 heteroatoms. The molecule has 0 aromatic heterocycles. The van der Waals surface area contributed by atoms with Gasteiger partial charge in [-0.15, -0.1) is 0 Å². The van der Waals surface area contributed by atoms with Crippen molar-refractivity contribution in [3.05, 3.63) is 29.8 Å². The van der Waals surface area contributed by atoms with Crippen LogP contribution in [0.1, 0.15) is 37.2 Å². The van der Waals surface area contributed by atoms with Crippen LogP contribution in [0.15, 0.2) is 24.3 Å². The van der Waals surface area contributed by atoms with Crippen molar-refractivity contribution >= 4 is 5.91 Å². The van der Waals surface area contributed by atoms with Crippen LogP contribution in [0.3, 0.4) is 0 Å². The zero-order valence-electron chi connectivity index (χ0n) is 11.4. The third-order valence-electron chi connectivity index (χ3n) is 4.70. The van der Waals surface area contributed by atoms with Crippen molar-refractivity contribution in [2.24, 2.45) is 11.8 Å². The molecule has 102 valence electrons. The Morgan fingerprint density at radius 3 is 2.95 bits per heavy atom. The second-order valence-corrected chi connectivity index (χ2v) is 5.66. The van der Waals surface area contributed by atoms with E-state index in [-0.39, 0.29) is 11.8 Å². The van der Waals surface area contributed by atoms with E-state index >= 15 is 0 Å². The number of fused-ring (bicyclic) bond motifs is 1. The van der Waals surface area contributed by atoms with Crippen molar-refractivity contribution in [3.63, 3.8) is 0 Å². The molecule has 3 nitrogen and oxygen atoms in total. The first-order valence-electron chi connectivity index (χ1n) is 7.21. The molecule has 1 aromatic carbocycles. The molecule has 3 rings (SSSR count). The van der Waals surface area contributed by atoms with Gasteiger partial charge in [-0.2, -0.15) is 0 Å². The van der Waals surface area contributed by atoms with Gasteiger partial charge < -0.3 is 10.1 Å². The number of carbonyl (C=O) groups is 1. The van der Waals surface area contributed by atoms with Crippen molar-refractivity contribution in [1.82, 2.24) is 5.32 Å². The van der Waals surface area contributed by atoms with Crippen LogP contribution in [0.4, 0.5) is 0 Å². The third kappa shape index (κ3) is 2.34. The maximum atomic E-state index is 12.1. The molecule has 3 atom stereocenters. The van der Waals surface area contributed by atoms with E-state index in [4.69, 9.17) is 4.74 Å². The molecule has 0 bridgehead atoms. The van der Waals surface area contributed by atoms with Gasteiger partial charge in [-0.1, -0.05) is 18.6 Å². The minimum Gasteiger partial charge on any atom is -0.497 e. The van der Waals surface area contributed by atoms with Gasteiger partial charge in [0.2, 0.25) is 5.91 Å². The fourth-order valence-corrected chi connectivity index (χ4v) is 3.78. The smallest absolute Gasteiger partial charge is 0.223 e. The number of hydrogen-bond donors (Lipinski definition) is 1. The number of amides is 1. The Balaban J connectivity index is 1.91. The van der Waals surface area contributed by atoms with Crippen molar-refractivity contribution < 1.29 is 9.53 Å². The number of nitrogens with one attached hydrogen (secondary N) is 1. The molecule has 2 fully saturated rings. The molecule has 1 N–H and O–H groups in total. The van der Waals surface area contributed by atoms with E-state index in [1.165, 1.54) is 18.4 Å². The number of ether oxygens (including phenoxy) is 1. The number of benzene rings is 1. The lowest BCUT2D eigenvalue weighted by Crippen LogP contribution is -2.30. The van der Waals surface area contributed by atoms with Gasteiger partial charge in [0, 0.05) is 12.5 Å². The molecule has 0 radical (unpaired) electrons. The normalized spacial score (nSPS) is 30.4. The molecule has 1 saturated carbocycles.